The fourth-order valence-corrected chi connectivity index (χ4v) is 2.97. The van der Waals surface area contributed by atoms with Gasteiger partial charge in [-0.25, -0.2) is 0 Å². The van der Waals surface area contributed by atoms with Crippen molar-refractivity contribution in [3.8, 4) is 0 Å². The Morgan fingerprint density at radius 1 is 0.850 bits per heavy atom. The van der Waals surface area contributed by atoms with Crippen LogP contribution in [-0.2, 0) is 18.9 Å². The molecule has 0 aromatic rings. The summed E-state index contributed by atoms with van der Waals surface area (Å²) in [6, 6.07) is 0. The van der Waals surface area contributed by atoms with Gasteiger partial charge in [-0.15, -0.1) is 0 Å². The van der Waals surface area contributed by atoms with Crippen molar-refractivity contribution >= 4 is 0 Å². The van der Waals surface area contributed by atoms with E-state index in [4.69, 9.17) is 18.9 Å². The van der Waals surface area contributed by atoms with Crippen LogP contribution in [0.4, 0.5) is 0 Å². The standard InChI is InChI=1S/C15H28O5/c1-5-14(6-2)17-9-11(19-14)13(16)12-10-18-15(7-3,8-4)20-12/h11-13,16H,5-10H2,1-4H3/t11-,12-/m1/s1. The minimum absolute atomic E-state index is 0.340. The lowest BCUT2D eigenvalue weighted by Crippen LogP contribution is -2.42. The first kappa shape index (κ1) is 16.2. The van der Waals surface area contributed by atoms with Crippen LogP contribution in [0.3, 0.4) is 0 Å². The van der Waals surface area contributed by atoms with Crippen LogP contribution in [0.2, 0.25) is 0 Å². The number of hydrogen-bond donors (Lipinski definition) is 1. The molecule has 1 N–H and O–H groups in total. The monoisotopic (exact) mass is 288 g/mol. The molecule has 5 nitrogen and oxygen atoms in total. The van der Waals surface area contributed by atoms with Crippen LogP contribution >= 0.6 is 0 Å². The molecule has 20 heavy (non-hydrogen) atoms. The largest absolute Gasteiger partial charge is 0.388 e. The molecule has 0 radical (unpaired) electrons. The lowest BCUT2D eigenvalue weighted by molar-refractivity contribution is -0.204. The van der Waals surface area contributed by atoms with Gasteiger partial charge in [0.05, 0.1) is 13.2 Å². The van der Waals surface area contributed by atoms with Gasteiger partial charge in [-0.1, -0.05) is 27.7 Å². The summed E-state index contributed by atoms with van der Waals surface area (Å²) in [6.07, 6.45) is 1.73. The molecular weight excluding hydrogens is 260 g/mol. The zero-order valence-electron chi connectivity index (χ0n) is 13.1. The summed E-state index contributed by atoms with van der Waals surface area (Å²) in [4.78, 5) is 0. The highest BCUT2D eigenvalue weighted by atomic mass is 16.8. The van der Waals surface area contributed by atoms with Gasteiger partial charge in [0, 0.05) is 0 Å². The molecule has 0 aromatic carbocycles. The minimum atomic E-state index is -0.713. The molecule has 118 valence electrons. The predicted molar refractivity (Wildman–Crippen MR) is 74.3 cm³/mol. The topological polar surface area (TPSA) is 57.2 Å². The summed E-state index contributed by atoms with van der Waals surface area (Å²) >= 11 is 0. The number of aliphatic hydroxyl groups is 1. The first-order chi connectivity index (χ1) is 9.53. The molecule has 5 heteroatoms. The van der Waals surface area contributed by atoms with Crippen molar-refractivity contribution in [1.29, 1.82) is 0 Å². The molecule has 0 spiro atoms. The van der Waals surface area contributed by atoms with Crippen molar-refractivity contribution in [2.75, 3.05) is 13.2 Å². The maximum absolute atomic E-state index is 10.5. The quantitative estimate of drug-likeness (QED) is 0.812. The first-order valence-electron chi connectivity index (χ1n) is 7.85. The Labute approximate surface area is 121 Å². The smallest absolute Gasteiger partial charge is 0.168 e. The van der Waals surface area contributed by atoms with Crippen LogP contribution in [0.5, 0.6) is 0 Å². The van der Waals surface area contributed by atoms with Gasteiger partial charge in [0.2, 0.25) is 0 Å². The molecule has 0 aromatic heterocycles. The molecule has 0 amide bonds. The molecule has 2 aliphatic rings. The lowest BCUT2D eigenvalue weighted by Gasteiger charge is -2.29. The minimum Gasteiger partial charge on any atom is -0.388 e. The van der Waals surface area contributed by atoms with Crippen molar-refractivity contribution < 1.29 is 24.1 Å². The molecule has 0 unspecified atom stereocenters. The molecule has 2 aliphatic heterocycles. The molecule has 0 bridgehead atoms. The Balaban J connectivity index is 1.95. The lowest BCUT2D eigenvalue weighted by atomic mass is 10.1. The van der Waals surface area contributed by atoms with E-state index in [1.54, 1.807) is 0 Å². The third-order valence-electron chi connectivity index (χ3n) is 4.67. The fourth-order valence-electron chi connectivity index (χ4n) is 2.97. The highest BCUT2D eigenvalue weighted by molar-refractivity contribution is 4.89. The number of hydrogen-bond acceptors (Lipinski definition) is 5. The maximum atomic E-state index is 10.5. The van der Waals surface area contributed by atoms with Crippen molar-refractivity contribution in [1.82, 2.24) is 0 Å². The molecular formula is C15H28O5. The van der Waals surface area contributed by atoms with E-state index >= 15 is 0 Å². The molecule has 2 rings (SSSR count). The van der Waals surface area contributed by atoms with Crippen LogP contribution in [-0.4, -0.2) is 48.2 Å². The van der Waals surface area contributed by atoms with E-state index in [0.717, 1.165) is 25.7 Å². The summed E-state index contributed by atoms with van der Waals surface area (Å²) in [5.41, 5.74) is 0. The molecule has 2 fully saturated rings. The predicted octanol–water partition coefficient (Wildman–Crippen LogP) is 2.21. The zero-order chi connectivity index (χ0) is 14.8. The average Bonchev–Trinajstić information content (AvgIpc) is 3.12. The second-order valence-electron chi connectivity index (χ2n) is 5.66. The second-order valence-corrected chi connectivity index (χ2v) is 5.66. The van der Waals surface area contributed by atoms with E-state index in [1.807, 2.05) is 27.7 Å². The van der Waals surface area contributed by atoms with E-state index in [-0.39, 0.29) is 12.2 Å². The summed E-state index contributed by atoms with van der Waals surface area (Å²) in [5.74, 6) is -1.09. The van der Waals surface area contributed by atoms with Gasteiger partial charge in [0.25, 0.3) is 0 Å². The molecule has 0 aliphatic carbocycles. The van der Waals surface area contributed by atoms with Gasteiger partial charge in [-0.2, -0.15) is 0 Å². The Kier molecular flexibility index (Phi) is 5.08. The van der Waals surface area contributed by atoms with Crippen LogP contribution in [0.15, 0.2) is 0 Å². The van der Waals surface area contributed by atoms with Gasteiger partial charge in [0.1, 0.15) is 18.3 Å². The SMILES string of the molecule is CCC1(CC)OC[C@H](C(O)[C@H]2COC(CC)(CC)O2)O1. The molecule has 2 atom stereocenters. The molecule has 2 heterocycles. The highest BCUT2D eigenvalue weighted by Crippen LogP contribution is 2.36. The van der Waals surface area contributed by atoms with E-state index in [2.05, 4.69) is 0 Å². The zero-order valence-corrected chi connectivity index (χ0v) is 13.1. The first-order valence-corrected chi connectivity index (χ1v) is 7.85. The van der Waals surface area contributed by atoms with Crippen molar-refractivity contribution in [2.24, 2.45) is 0 Å². The summed E-state index contributed by atoms with van der Waals surface area (Å²) in [7, 11) is 0. The Morgan fingerprint density at radius 3 is 1.45 bits per heavy atom. The summed E-state index contributed by atoms with van der Waals surface area (Å²) in [5, 5.41) is 10.5. The molecule has 2 saturated heterocycles. The third kappa shape index (κ3) is 2.88. The van der Waals surface area contributed by atoms with Crippen LogP contribution in [0, 0.1) is 0 Å². The van der Waals surface area contributed by atoms with E-state index in [9.17, 15) is 5.11 Å². The second kappa shape index (κ2) is 6.28. The van der Waals surface area contributed by atoms with Gasteiger partial charge in [-0.05, 0) is 25.7 Å². The fraction of sp³-hybridized carbons (Fsp3) is 1.00. The maximum Gasteiger partial charge on any atom is 0.168 e. The normalized spacial score (nSPS) is 32.1. The number of ether oxygens (including phenoxy) is 4. The number of aliphatic hydroxyl groups excluding tert-OH is 1. The van der Waals surface area contributed by atoms with Gasteiger partial charge in [-0.3, -0.25) is 0 Å². The Bertz CT molecular complexity index is 281. The van der Waals surface area contributed by atoms with Gasteiger partial charge < -0.3 is 24.1 Å². The van der Waals surface area contributed by atoms with Crippen molar-refractivity contribution in [2.45, 2.75) is 83.3 Å². The third-order valence-corrected chi connectivity index (χ3v) is 4.67. The van der Waals surface area contributed by atoms with E-state index in [1.165, 1.54) is 0 Å². The van der Waals surface area contributed by atoms with Crippen LogP contribution < -0.4 is 0 Å². The van der Waals surface area contributed by atoms with Crippen molar-refractivity contribution in [3.05, 3.63) is 0 Å². The Morgan fingerprint density at radius 2 is 1.20 bits per heavy atom. The van der Waals surface area contributed by atoms with E-state index in [0.29, 0.717) is 13.2 Å². The highest BCUT2D eigenvalue weighted by Gasteiger charge is 2.48. The van der Waals surface area contributed by atoms with E-state index < -0.39 is 17.7 Å². The van der Waals surface area contributed by atoms with Crippen LogP contribution in [0.1, 0.15) is 53.4 Å². The summed E-state index contributed by atoms with van der Waals surface area (Å²) in [6.45, 7) is 8.96. The van der Waals surface area contributed by atoms with Crippen molar-refractivity contribution in [3.63, 3.8) is 0 Å². The Hall–Kier alpha value is -0.200. The molecule has 0 saturated carbocycles. The number of rotatable bonds is 6. The summed E-state index contributed by atoms with van der Waals surface area (Å²) < 4.78 is 23.4. The van der Waals surface area contributed by atoms with Gasteiger partial charge >= 0.3 is 0 Å². The van der Waals surface area contributed by atoms with Gasteiger partial charge in [0.15, 0.2) is 11.6 Å². The average molecular weight is 288 g/mol. The van der Waals surface area contributed by atoms with Crippen LogP contribution in [0.25, 0.3) is 0 Å².